The van der Waals surface area contributed by atoms with Gasteiger partial charge in [-0.05, 0) is 77.9 Å². The number of carbonyl (C=O) groups excluding carboxylic acids is 1. The maximum atomic E-state index is 12.9. The van der Waals surface area contributed by atoms with Crippen molar-refractivity contribution in [3.8, 4) is 0 Å². The number of carbonyl (C=O) groups is 1. The first-order valence-electron chi connectivity index (χ1n) is 6.89. The first kappa shape index (κ1) is 17.2. The summed E-state index contributed by atoms with van der Waals surface area (Å²) in [6, 6.07) is 11.6. The van der Waals surface area contributed by atoms with Crippen molar-refractivity contribution >= 4 is 50.1 Å². The molecule has 4 heteroatoms. The highest BCUT2D eigenvalue weighted by Gasteiger charge is 2.20. The number of halogens is 2. The Hall–Kier alpha value is -1.14. The fourth-order valence-corrected chi connectivity index (χ4v) is 3.88. The summed E-state index contributed by atoms with van der Waals surface area (Å²) in [7, 11) is 0. The van der Waals surface area contributed by atoms with E-state index in [4.69, 9.17) is 0 Å². The number of hydrogen-bond acceptors (Lipinski definition) is 1. The molecule has 0 aliphatic heterocycles. The van der Waals surface area contributed by atoms with Crippen LogP contribution in [0.3, 0.4) is 0 Å². The molecule has 0 aromatic heterocycles. The molecular weight excluding hydrogens is 453 g/mol. The molecule has 2 rings (SSSR count). The Morgan fingerprint density at radius 1 is 1.27 bits per heavy atom. The lowest BCUT2D eigenvalue weighted by Gasteiger charge is -2.25. The van der Waals surface area contributed by atoms with Crippen LogP contribution in [0.15, 0.2) is 53.5 Å². The Balaban J connectivity index is 2.48. The minimum Gasteiger partial charge on any atom is -0.303 e. The minimum absolute atomic E-state index is 0.0164. The van der Waals surface area contributed by atoms with Gasteiger partial charge in [0.15, 0.2) is 0 Å². The smallest absolute Gasteiger partial charge is 0.258 e. The van der Waals surface area contributed by atoms with Gasteiger partial charge in [-0.3, -0.25) is 4.79 Å². The van der Waals surface area contributed by atoms with Crippen LogP contribution in [-0.4, -0.2) is 12.5 Å². The lowest BCUT2D eigenvalue weighted by molar-refractivity contribution is 0.0989. The zero-order valence-electron chi connectivity index (χ0n) is 12.6. The van der Waals surface area contributed by atoms with Crippen molar-refractivity contribution < 1.29 is 4.79 Å². The average Bonchev–Trinajstić information content (AvgIpc) is 2.45. The Morgan fingerprint density at radius 2 is 1.91 bits per heavy atom. The number of amides is 1. The molecule has 2 aromatic rings. The van der Waals surface area contributed by atoms with Crippen LogP contribution in [0.4, 0.5) is 5.69 Å². The van der Waals surface area contributed by atoms with Gasteiger partial charge in [-0.2, -0.15) is 0 Å². The molecule has 0 radical (unpaired) electrons. The Bertz CT molecular complexity index is 687. The molecule has 0 fully saturated rings. The van der Waals surface area contributed by atoms with Crippen molar-refractivity contribution in [1.29, 1.82) is 0 Å². The van der Waals surface area contributed by atoms with Crippen molar-refractivity contribution in [3.63, 3.8) is 0 Å². The molecule has 114 valence electrons. The molecule has 0 saturated heterocycles. The van der Waals surface area contributed by atoms with Crippen molar-refractivity contribution in [3.05, 3.63) is 73.8 Å². The van der Waals surface area contributed by atoms with E-state index in [0.717, 1.165) is 19.3 Å². The van der Waals surface area contributed by atoms with Crippen molar-refractivity contribution in [2.45, 2.75) is 13.8 Å². The predicted molar refractivity (Wildman–Crippen MR) is 105 cm³/mol. The van der Waals surface area contributed by atoms with Crippen molar-refractivity contribution in [1.82, 2.24) is 0 Å². The van der Waals surface area contributed by atoms with E-state index in [1.165, 1.54) is 5.56 Å². The quantitative estimate of drug-likeness (QED) is 0.427. The topological polar surface area (TPSA) is 20.3 Å². The second kappa shape index (κ2) is 7.42. The molecule has 0 N–H and O–H groups in total. The summed E-state index contributed by atoms with van der Waals surface area (Å²) in [5.41, 5.74) is 3.91. The number of benzene rings is 2. The molecule has 0 atom stereocenters. The van der Waals surface area contributed by atoms with E-state index in [0.29, 0.717) is 12.1 Å². The van der Waals surface area contributed by atoms with Crippen LogP contribution in [0, 0.1) is 17.4 Å². The fraction of sp³-hybridized carbons (Fsp3) is 0.167. The van der Waals surface area contributed by atoms with Gasteiger partial charge in [0, 0.05) is 20.2 Å². The van der Waals surface area contributed by atoms with Gasteiger partial charge in [-0.1, -0.05) is 28.1 Å². The second-order valence-electron chi connectivity index (χ2n) is 5.12. The Labute approximate surface area is 153 Å². The molecule has 0 aliphatic rings. The van der Waals surface area contributed by atoms with E-state index in [1.54, 1.807) is 11.0 Å². The number of anilines is 1. The van der Waals surface area contributed by atoms with E-state index in [9.17, 15) is 4.79 Å². The van der Waals surface area contributed by atoms with Gasteiger partial charge in [0.1, 0.15) is 0 Å². The van der Waals surface area contributed by atoms with Gasteiger partial charge in [-0.25, -0.2) is 0 Å². The summed E-state index contributed by atoms with van der Waals surface area (Å²) in [5, 5.41) is 0. The Morgan fingerprint density at radius 3 is 2.45 bits per heavy atom. The van der Waals surface area contributed by atoms with Crippen LogP contribution in [0.2, 0.25) is 0 Å². The zero-order chi connectivity index (χ0) is 16.3. The van der Waals surface area contributed by atoms with Crippen molar-refractivity contribution in [2.24, 2.45) is 0 Å². The normalized spacial score (nSPS) is 10.4. The van der Waals surface area contributed by atoms with Gasteiger partial charge in [0.25, 0.3) is 5.91 Å². The molecule has 0 bridgehead atoms. The summed E-state index contributed by atoms with van der Waals surface area (Å²) >= 11 is 5.69. The molecule has 0 aliphatic carbocycles. The van der Waals surface area contributed by atoms with Gasteiger partial charge in [0.05, 0.1) is 5.69 Å². The molecule has 2 nitrogen and oxygen atoms in total. The minimum atomic E-state index is -0.0164. The largest absolute Gasteiger partial charge is 0.303 e. The predicted octanol–water partition coefficient (Wildman–Crippen LogP) is 5.50. The van der Waals surface area contributed by atoms with Crippen molar-refractivity contribution in [2.75, 3.05) is 11.4 Å². The molecule has 1 amide bonds. The Kier molecular flexibility index (Phi) is 5.81. The van der Waals surface area contributed by atoms with E-state index in [1.807, 2.05) is 31.2 Å². The molecule has 0 saturated carbocycles. The summed E-state index contributed by atoms with van der Waals surface area (Å²) in [6.07, 6.45) is 1.76. The monoisotopic (exact) mass is 469 g/mol. The lowest BCUT2D eigenvalue weighted by Crippen LogP contribution is -2.32. The van der Waals surface area contributed by atoms with Crippen LogP contribution in [-0.2, 0) is 0 Å². The van der Waals surface area contributed by atoms with Crippen LogP contribution >= 0.6 is 38.5 Å². The van der Waals surface area contributed by atoms with Gasteiger partial charge < -0.3 is 4.90 Å². The van der Waals surface area contributed by atoms with E-state index >= 15 is 0 Å². The average molecular weight is 470 g/mol. The second-order valence-corrected chi connectivity index (χ2v) is 7.20. The molecule has 0 unspecified atom stereocenters. The van der Waals surface area contributed by atoms with Crippen LogP contribution in [0.25, 0.3) is 0 Å². The SMILES string of the molecule is C=CCN(C(=O)c1ccc(Br)cc1)c1c(C)cc(C)cc1I. The third-order valence-electron chi connectivity index (χ3n) is 3.32. The van der Waals surface area contributed by atoms with E-state index in [-0.39, 0.29) is 5.91 Å². The third kappa shape index (κ3) is 3.79. The van der Waals surface area contributed by atoms with E-state index in [2.05, 4.69) is 64.2 Å². The zero-order valence-corrected chi connectivity index (χ0v) is 16.3. The third-order valence-corrected chi connectivity index (χ3v) is 4.67. The maximum Gasteiger partial charge on any atom is 0.258 e. The van der Waals surface area contributed by atoms with Crippen LogP contribution in [0.5, 0.6) is 0 Å². The summed E-state index contributed by atoms with van der Waals surface area (Å²) in [5.74, 6) is -0.0164. The molecule has 0 heterocycles. The number of rotatable bonds is 4. The fourth-order valence-electron chi connectivity index (χ4n) is 2.40. The standard InChI is InChI=1S/C18H17BrINO/c1-4-9-21(17-13(3)10-12(2)11-16(17)20)18(22)14-5-7-15(19)8-6-14/h4-8,10-11H,1,9H2,2-3H3. The highest BCUT2D eigenvalue weighted by Crippen LogP contribution is 2.29. The maximum absolute atomic E-state index is 12.9. The van der Waals surface area contributed by atoms with Crippen LogP contribution < -0.4 is 4.90 Å². The summed E-state index contributed by atoms with van der Waals surface area (Å²) in [6.45, 7) is 8.37. The van der Waals surface area contributed by atoms with Crippen LogP contribution in [0.1, 0.15) is 21.5 Å². The summed E-state index contributed by atoms with van der Waals surface area (Å²) in [4.78, 5) is 14.7. The van der Waals surface area contributed by atoms with Gasteiger partial charge >= 0.3 is 0 Å². The summed E-state index contributed by atoms with van der Waals surface area (Å²) < 4.78 is 2.03. The first-order valence-corrected chi connectivity index (χ1v) is 8.76. The molecule has 0 spiro atoms. The lowest BCUT2D eigenvalue weighted by atomic mass is 10.1. The number of nitrogens with zero attached hydrogens (tertiary/aromatic N) is 1. The number of aryl methyl sites for hydroxylation is 2. The van der Waals surface area contributed by atoms with Gasteiger partial charge in [0.2, 0.25) is 0 Å². The van der Waals surface area contributed by atoms with Gasteiger partial charge in [-0.15, -0.1) is 6.58 Å². The first-order chi connectivity index (χ1) is 10.4. The molecular formula is C18H17BrINO. The highest BCUT2D eigenvalue weighted by molar-refractivity contribution is 14.1. The molecule has 2 aromatic carbocycles. The molecule has 22 heavy (non-hydrogen) atoms. The van der Waals surface area contributed by atoms with E-state index < -0.39 is 0 Å². The highest BCUT2D eigenvalue weighted by atomic mass is 127. The number of hydrogen-bond donors (Lipinski definition) is 0.